The normalized spacial score (nSPS) is 13.5. The number of ether oxygens (including phenoxy) is 2. The Bertz CT molecular complexity index is 1680. The number of aromatic nitrogens is 4. The minimum atomic E-state index is -2.93. The lowest BCUT2D eigenvalue weighted by atomic mass is 10.0. The maximum atomic E-state index is 15.4. The number of alkyl halides is 2. The minimum Gasteiger partial charge on any atom is -0.435 e. The summed E-state index contributed by atoms with van der Waals surface area (Å²) in [6.07, 6.45) is 3.34. The highest BCUT2D eigenvalue weighted by atomic mass is 19.3. The Labute approximate surface area is 233 Å². The number of nitrogens with one attached hydrogen (secondary N) is 1. The number of morpholine rings is 1. The van der Waals surface area contributed by atoms with Gasteiger partial charge in [0.25, 0.3) is 0 Å². The summed E-state index contributed by atoms with van der Waals surface area (Å²) in [6.45, 7) is 1.26. The third-order valence-electron chi connectivity index (χ3n) is 6.82. The minimum absolute atomic E-state index is 0.0298. The zero-order valence-corrected chi connectivity index (χ0v) is 22.0. The molecule has 1 aliphatic heterocycles. The molecule has 1 fully saturated rings. The van der Waals surface area contributed by atoms with Crippen LogP contribution in [0.3, 0.4) is 0 Å². The molecule has 6 rings (SSSR count). The monoisotopic (exact) mass is 558 g/mol. The quantitative estimate of drug-likeness (QED) is 0.246. The van der Waals surface area contributed by atoms with Crippen LogP contribution >= 0.6 is 0 Å². The lowest BCUT2D eigenvalue weighted by Gasteiger charge is -2.27. The van der Waals surface area contributed by atoms with Crippen molar-refractivity contribution in [3.8, 4) is 28.3 Å². The molecule has 0 unspecified atom stereocenters. The van der Waals surface area contributed by atoms with Crippen molar-refractivity contribution in [2.75, 3.05) is 36.5 Å². The van der Waals surface area contributed by atoms with Crippen molar-refractivity contribution in [2.24, 2.45) is 0 Å². The van der Waals surface area contributed by atoms with Crippen LogP contribution in [0.15, 0.2) is 73.1 Å². The molecule has 1 aliphatic rings. The number of hydrogen-bond donors (Lipinski definition) is 1. The van der Waals surface area contributed by atoms with Gasteiger partial charge in [0.2, 0.25) is 5.95 Å². The van der Waals surface area contributed by atoms with Gasteiger partial charge in [0.15, 0.2) is 0 Å². The fourth-order valence-corrected chi connectivity index (χ4v) is 4.80. The van der Waals surface area contributed by atoms with E-state index < -0.39 is 12.4 Å². The molecule has 1 N–H and O–H groups in total. The first-order chi connectivity index (χ1) is 20.0. The van der Waals surface area contributed by atoms with E-state index >= 15 is 4.39 Å². The molecular formula is C30H25F3N6O2. The number of fused-ring (bicyclic) bond motifs is 1. The summed E-state index contributed by atoms with van der Waals surface area (Å²) in [5, 5.41) is 3.70. The van der Waals surface area contributed by atoms with E-state index in [4.69, 9.17) is 14.7 Å². The van der Waals surface area contributed by atoms with E-state index in [1.165, 1.54) is 18.2 Å². The average Bonchev–Trinajstić information content (AvgIpc) is 2.99. The van der Waals surface area contributed by atoms with E-state index in [0.717, 1.165) is 0 Å². The van der Waals surface area contributed by atoms with Crippen molar-refractivity contribution >= 4 is 28.4 Å². The molecule has 0 saturated carbocycles. The van der Waals surface area contributed by atoms with Crippen molar-refractivity contribution < 1.29 is 22.6 Å². The van der Waals surface area contributed by atoms with Gasteiger partial charge in [-0.1, -0.05) is 24.3 Å². The first kappa shape index (κ1) is 26.5. The molecule has 8 nitrogen and oxygen atoms in total. The lowest BCUT2D eigenvalue weighted by Crippen LogP contribution is -2.37. The van der Waals surface area contributed by atoms with Gasteiger partial charge in [-0.05, 0) is 48.9 Å². The van der Waals surface area contributed by atoms with E-state index in [9.17, 15) is 8.78 Å². The van der Waals surface area contributed by atoms with Gasteiger partial charge in [-0.3, -0.25) is 4.98 Å². The molecule has 1 saturated heterocycles. The number of anilines is 3. The van der Waals surface area contributed by atoms with Gasteiger partial charge >= 0.3 is 6.61 Å². The maximum Gasteiger partial charge on any atom is 0.387 e. The second-order valence-corrected chi connectivity index (χ2v) is 9.37. The largest absolute Gasteiger partial charge is 0.435 e. The zero-order valence-electron chi connectivity index (χ0n) is 22.0. The fourth-order valence-electron chi connectivity index (χ4n) is 4.80. The number of pyridine rings is 2. The highest BCUT2D eigenvalue weighted by Crippen LogP contribution is 2.38. The van der Waals surface area contributed by atoms with Gasteiger partial charge in [-0.15, -0.1) is 0 Å². The van der Waals surface area contributed by atoms with E-state index in [1.807, 2.05) is 30.0 Å². The Morgan fingerprint density at radius 2 is 1.76 bits per heavy atom. The number of benzene rings is 2. The van der Waals surface area contributed by atoms with Gasteiger partial charge < -0.3 is 19.7 Å². The summed E-state index contributed by atoms with van der Waals surface area (Å²) in [4.78, 5) is 20.7. The van der Waals surface area contributed by atoms with Crippen LogP contribution in [0.1, 0.15) is 5.56 Å². The van der Waals surface area contributed by atoms with Crippen LogP contribution in [0.2, 0.25) is 0 Å². The summed E-state index contributed by atoms with van der Waals surface area (Å²) < 4.78 is 50.8. The molecule has 0 amide bonds. The van der Waals surface area contributed by atoms with E-state index in [2.05, 4.69) is 20.0 Å². The predicted molar refractivity (Wildman–Crippen MR) is 150 cm³/mol. The van der Waals surface area contributed by atoms with Crippen LogP contribution in [0.4, 0.5) is 30.6 Å². The molecule has 0 aliphatic carbocycles. The maximum absolute atomic E-state index is 15.4. The third-order valence-corrected chi connectivity index (χ3v) is 6.82. The van der Waals surface area contributed by atoms with E-state index in [-0.39, 0.29) is 5.75 Å². The molecule has 5 aromatic rings. The van der Waals surface area contributed by atoms with Crippen LogP contribution in [-0.4, -0.2) is 52.9 Å². The molecule has 0 radical (unpaired) electrons. The van der Waals surface area contributed by atoms with Crippen molar-refractivity contribution in [3.63, 3.8) is 0 Å². The van der Waals surface area contributed by atoms with E-state index in [0.29, 0.717) is 82.7 Å². The smallest absolute Gasteiger partial charge is 0.387 e. The standard InChI is InChI=1S/C30H25F3N6O2/c1-18-26(24-6-2-3-12-34-24)36-23-7-4-5-22(31)25(23)27(18)37-28-21(19-8-10-20(11-9-19)41-29(32)33)17-35-30(38-28)39-13-15-40-16-14-39/h2-12,17,29H,13-16H2,1H3,(H,35,36,37,38). The first-order valence-corrected chi connectivity index (χ1v) is 13.0. The van der Waals surface area contributed by atoms with Gasteiger partial charge in [-0.25, -0.2) is 14.4 Å². The first-order valence-electron chi connectivity index (χ1n) is 13.0. The fraction of sp³-hybridized carbons (Fsp3) is 0.200. The molecule has 0 atom stereocenters. The van der Waals surface area contributed by atoms with E-state index in [1.54, 1.807) is 36.7 Å². The van der Waals surface area contributed by atoms with Gasteiger partial charge in [-0.2, -0.15) is 13.8 Å². The molecule has 3 aromatic heterocycles. The second-order valence-electron chi connectivity index (χ2n) is 9.37. The van der Waals surface area contributed by atoms with Crippen LogP contribution in [-0.2, 0) is 4.74 Å². The number of nitrogens with zero attached hydrogens (tertiary/aromatic N) is 5. The predicted octanol–water partition coefficient (Wildman–Crippen LogP) is 6.38. The molecule has 11 heteroatoms. The molecule has 0 bridgehead atoms. The van der Waals surface area contributed by atoms with Crippen LogP contribution in [0, 0.1) is 12.7 Å². The van der Waals surface area contributed by atoms with Crippen molar-refractivity contribution in [3.05, 3.63) is 84.4 Å². The van der Waals surface area contributed by atoms with Crippen LogP contribution in [0.5, 0.6) is 5.75 Å². The molecule has 2 aromatic carbocycles. The third kappa shape index (κ3) is 5.48. The SMILES string of the molecule is Cc1c(-c2ccccn2)nc2cccc(F)c2c1Nc1nc(N2CCOCC2)ncc1-c1ccc(OC(F)F)cc1. The molecule has 4 heterocycles. The van der Waals surface area contributed by atoms with Crippen molar-refractivity contribution in [1.82, 2.24) is 19.9 Å². The van der Waals surface area contributed by atoms with Gasteiger partial charge in [0, 0.05) is 36.6 Å². The van der Waals surface area contributed by atoms with Crippen LogP contribution in [0.25, 0.3) is 33.4 Å². The van der Waals surface area contributed by atoms with Gasteiger partial charge in [0.05, 0.1) is 41.2 Å². The molecule has 0 spiro atoms. The second kappa shape index (κ2) is 11.4. The Hall–Kier alpha value is -4.77. The summed E-state index contributed by atoms with van der Waals surface area (Å²) in [6, 6.07) is 16.5. The Kier molecular flexibility index (Phi) is 7.34. The highest BCUT2D eigenvalue weighted by Gasteiger charge is 2.21. The summed E-state index contributed by atoms with van der Waals surface area (Å²) >= 11 is 0. The zero-order chi connectivity index (χ0) is 28.3. The summed E-state index contributed by atoms with van der Waals surface area (Å²) in [5.41, 5.74) is 4.11. The summed E-state index contributed by atoms with van der Waals surface area (Å²) in [5.74, 6) is 0.487. The average molecular weight is 559 g/mol. The Morgan fingerprint density at radius 1 is 0.951 bits per heavy atom. The number of hydrogen-bond acceptors (Lipinski definition) is 8. The number of rotatable bonds is 7. The molecule has 208 valence electrons. The number of halogens is 3. The molecule has 41 heavy (non-hydrogen) atoms. The van der Waals surface area contributed by atoms with Crippen molar-refractivity contribution in [1.29, 1.82) is 0 Å². The van der Waals surface area contributed by atoms with Crippen LogP contribution < -0.4 is 15.0 Å². The Morgan fingerprint density at radius 3 is 2.49 bits per heavy atom. The lowest BCUT2D eigenvalue weighted by molar-refractivity contribution is -0.0498. The summed E-state index contributed by atoms with van der Waals surface area (Å²) in [7, 11) is 0. The van der Waals surface area contributed by atoms with Gasteiger partial charge in [0.1, 0.15) is 17.4 Å². The Balaban J connectivity index is 1.51. The topological polar surface area (TPSA) is 85.3 Å². The highest BCUT2D eigenvalue weighted by molar-refractivity contribution is 5.99. The molecular weight excluding hydrogens is 533 g/mol. The van der Waals surface area contributed by atoms with Crippen molar-refractivity contribution in [2.45, 2.75) is 13.5 Å².